The molecule has 0 aliphatic rings. The molecule has 0 fully saturated rings. The summed E-state index contributed by atoms with van der Waals surface area (Å²) >= 11 is 0. The van der Waals surface area contributed by atoms with E-state index in [-0.39, 0.29) is 5.41 Å². The van der Waals surface area contributed by atoms with Gasteiger partial charge in [0.2, 0.25) is 0 Å². The van der Waals surface area contributed by atoms with Gasteiger partial charge >= 0.3 is 0 Å². The van der Waals surface area contributed by atoms with E-state index in [1.54, 1.807) is 0 Å². The van der Waals surface area contributed by atoms with Crippen molar-refractivity contribution in [3.8, 4) is 44.5 Å². The van der Waals surface area contributed by atoms with Crippen molar-refractivity contribution in [2.45, 2.75) is 26.2 Å². The molecule has 220 valence electrons. The second kappa shape index (κ2) is 11.2. The molecule has 0 heteroatoms. The van der Waals surface area contributed by atoms with Crippen molar-refractivity contribution >= 4 is 32.3 Å². The number of hydrogen-bond donors (Lipinski definition) is 0. The lowest BCUT2D eigenvalue weighted by Crippen LogP contribution is -2.10. The zero-order valence-electron chi connectivity index (χ0n) is 26.6. The van der Waals surface area contributed by atoms with E-state index in [1.165, 1.54) is 82.4 Å². The number of rotatable bonds is 4. The molecule has 0 heterocycles. The van der Waals surface area contributed by atoms with Gasteiger partial charge in [0.25, 0.3) is 0 Å². The first kappa shape index (κ1) is 28.0. The highest BCUT2D eigenvalue weighted by molar-refractivity contribution is 6.22. The fourth-order valence-corrected chi connectivity index (χ4v) is 7.04. The van der Waals surface area contributed by atoms with E-state index in [0.29, 0.717) is 0 Å². The zero-order chi connectivity index (χ0) is 31.3. The minimum Gasteiger partial charge on any atom is -0.0622 e. The molecule has 0 bridgehead atoms. The Hall–Kier alpha value is -5.46. The summed E-state index contributed by atoms with van der Waals surface area (Å²) in [4.78, 5) is 0. The highest BCUT2D eigenvalue weighted by Gasteiger charge is 2.22. The van der Waals surface area contributed by atoms with Gasteiger partial charge in [-0.2, -0.15) is 0 Å². The normalized spacial score (nSPS) is 11.8. The molecule has 0 aliphatic carbocycles. The maximum Gasteiger partial charge on any atom is -0.00201 e. The van der Waals surface area contributed by atoms with Crippen LogP contribution < -0.4 is 0 Å². The molecule has 0 aromatic heterocycles. The van der Waals surface area contributed by atoms with Gasteiger partial charge in [-0.3, -0.25) is 0 Å². The minimum atomic E-state index is 0.0200. The third-order valence-corrected chi connectivity index (χ3v) is 9.41. The average molecular weight is 589 g/mol. The van der Waals surface area contributed by atoms with Gasteiger partial charge in [-0.25, -0.2) is 0 Å². The van der Waals surface area contributed by atoms with E-state index in [2.05, 4.69) is 185 Å². The summed E-state index contributed by atoms with van der Waals surface area (Å²) in [6, 6.07) is 60.3. The minimum absolute atomic E-state index is 0.0200. The van der Waals surface area contributed by atoms with Crippen molar-refractivity contribution in [1.82, 2.24) is 0 Å². The van der Waals surface area contributed by atoms with Crippen LogP contribution in [0.3, 0.4) is 0 Å². The Morgan fingerprint density at radius 2 is 0.913 bits per heavy atom. The Morgan fingerprint density at radius 3 is 1.70 bits per heavy atom. The van der Waals surface area contributed by atoms with Crippen molar-refractivity contribution in [2.24, 2.45) is 0 Å². The summed E-state index contributed by atoms with van der Waals surface area (Å²) < 4.78 is 0. The molecule has 0 nitrogen and oxygen atoms in total. The largest absolute Gasteiger partial charge is 0.0622 e. The van der Waals surface area contributed by atoms with Gasteiger partial charge in [0.1, 0.15) is 0 Å². The molecule has 0 amide bonds. The average Bonchev–Trinajstić information content (AvgIpc) is 3.10. The summed E-state index contributed by atoms with van der Waals surface area (Å²) in [5.74, 6) is 0. The molecule has 0 saturated heterocycles. The second-order valence-electron chi connectivity index (χ2n) is 13.4. The Balaban J connectivity index is 1.44. The molecule has 0 saturated carbocycles. The molecule has 8 aromatic rings. The Labute approximate surface area is 271 Å². The number of hydrogen-bond acceptors (Lipinski definition) is 0. The first-order valence-corrected chi connectivity index (χ1v) is 16.2. The SMILES string of the molecule is CC(C)(C)c1ccc2c(-c3ccccc3-c3ccccc3)c3ccccc3c(-c3cccc(-c4ccc5ccccc5c4)c3)c2c1. The lowest BCUT2D eigenvalue weighted by Gasteiger charge is -2.24. The van der Waals surface area contributed by atoms with Crippen LogP contribution in [0, 0.1) is 0 Å². The van der Waals surface area contributed by atoms with Gasteiger partial charge in [-0.15, -0.1) is 0 Å². The first-order valence-electron chi connectivity index (χ1n) is 16.2. The van der Waals surface area contributed by atoms with Crippen LogP contribution in [0.5, 0.6) is 0 Å². The van der Waals surface area contributed by atoms with Gasteiger partial charge < -0.3 is 0 Å². The van der Waals surface area contributed by atoms with Crippen LogP contribution in [-0.4, -0.2) is 0 Å². The smallest absolute Gasteiger partial charge is 0.00201 e. The zero-order valence-corrected chi connectivity index (χ0v) is 26.6. The molecular formula is C46H36. The van der Waals surface area contributed by atoms with Crippen LogP contribution in [0.4, 0.5) is 0 Å². The van der Waals surface area contributed by atoms with Gasteiger partial charge in [0.05, 0.1) is 0 Å². The van der Waals surface area contributed by atoms with E-state index in [9.17, 15) is 0 Å². The van der Waals surface area contributed by atoms with Crippen LogP contribution in [-0.2, 0) is 5.41 Å². The van der Waals surface area contributed by atoms with Crippen LogP contribution in [0.25, 0.3) is 76.8 Å². The predicted molar refractivity (Wildman–Crippen MR) is 199 cm³/mol. The Morgan fingerprint density at radius 1 is 0.326 bits per heavy atom. The van der Waals surface area contributed by atoms with E-state index in [4.69, 9.17) is 0 Å². The summed E-state index contributed by atoms with van der Waals surface area (Å²) in [6.45, 7) is 6.92. The van der Waals surface area contributed by atoms with Crippen molar-refractivity contribution in [1.29, 1.82) is 0 Å². The molecule has 0 unspecified atom stereocenters. The molecular weight excluding hydrogens is 553 g/mol. The molecule has 0 atom stereocenters. The maximum absolute atomic E-state index is 2.45. The quantitative estimate of drug-likeness (QED) is 0.179. The third kappa shape index (κ3) is 4.88. The van der Waals surface area contributed by atoms with Crippen LogP contribution in [0.1, 0.15) is 26.3 Å². The molecule has 0 spiro atoms. The molecule has 0 radical (unpaired) electrons. The lowest BCUT2D eigenvalue weighted by atomic mass is 9.80. The molecule has 8 rings (SSSR count). The summed E-state index contributed by atoms with van der Waals surface area (Å²) in [5.41, 5.74) is 11.4. The molecule has 0 N–H and O–H groups in total. The second-order valence-corrected chi connectivity index (χ2v) is 13.4. The topological polar surface area (TPSA) is 0 Å². The van der Waals surface area contributed by atoms with Crippen molar-refractivity contribution in [3.05, 3.63) is 169 Å². The lowest BCUT2D eigenvalue weighted by molar-refractivity contribution is 0.591. The predicted octanol–water partition coefficient (Wildman–Crippen LogP) is 13.1. The summed E-state index contributed by atoms with van der Waals surface area (Å²) in [5, 5.41) is 7.64. The first-order chi connectivity index (χ1) is 22.5. The van der Waals surface area contributed by atoms with Crippen LogP contribution in [0.2, 0.25) is 0 Å². The monoisotopic (exact) mass is 588 g/mol. The molecule has 0 aliphatic heterocycles. The fourth-order valence-electron chi connectivity index (χ4n) is 7.04. The van der Waals surface area contributed by atoms with Gasteiger partial charge in [0, 0.05) is 0 Å². The summed E-state index contributed by atoms with van der Waals surface area (Å²) in [7, 11) is 0. The highest BCUT2D eigenvalue weighted by Crippen LogP contribution is 2.47. The van der Waals surface area contributed by atoms with Crippen molar-refractivity contribution < 1.29 is 0 Å². The number of fused-ring (bicyclic) bond motifs is 3. The van der Waals surface area contributed by atoms with Gasteiger partial charge in [-0.05, 0) is 106 Å². The number of benzene rings is 8. The molecule has 8 aromatic carbocycles. The van der Waals surface area contributed by atoms with E-state index >= 15 is 0 Å². The van der Waals surface area contributed by atoms with Crippen molar-refractivity contribution in [3.63, 3.8) is 0 Å². The fraction of sp³-hybridized carbons (Fsp3) is 0.0870. The van der Waals surface area contributed by atoms with Gasteiger partial charge in [0.15, 0.2) is 0 Å². The van der Waals surface area contributed by atoms with Crippen LogP contribution in [0.15, 0.2) is 164 Å². The van der Waals surface area contributed by atoms with E-state index in [0.717, 1.165) is 0 Å². The van der Waals surface area contributed by atoms with E-state index in [1.807, 2.05) is 0 Å². The molecule has 46 heavy (non-hydrogen) atoms. The van der Waals surface area contributed by atoms with Crippen LogP contribution >= 0.6 is 0 Å². The van der Waals surface area contributed by atoms with Crippen molar-refractivity contribution in [2.75, 3.05) is 0 Å². The summed E-state index contributed by atoms with van der Waals surface area (Å²) in [6.07, 6.45) is 0. The standard InChI is InChI=1S/C46H36/c1-46(2,3)37-26-27-42-43(30-37)44(36-19-13-18-34(29-36)35-25-24-31-14-7-8-17-33(31)28-35)40-22-11-12-23-41(40)45(42)39-21-10-9-20-38(39)32-15-5-4-6-16-32/h4-30H,1-3H3. The Kier molecular flexibility index (Phi) is 6.80. The third-order valence-electron chi connectivity index (χ3n) is 9.41. The van der Waals surface area contributed by atoms with E-state index < -0.39 is 0 Å². The highest BCUT2D eigenvalue weighted by atomic mass is 14.2. The Bertz CT molecular complexity index is 2390. The maximum atomic E-state index is 2.45. The van der Waals surface area contributed by atoms with Gasteiger partial charge in [-0.1, -0.05) is 166 Å².